The van der Waals surface area contributed by atoms with Gasteiger partial charge in [-0.2, -0.15) is 0 Å². The molecule has 0 bridgehead atoms. The fourth-order valence-corrected chi connectivity index (χ4v) is 2.09. The van der Waals surface area contributed by atoms with Crippen LogP contribution in [0, 0.1) is 0 Å². The van der Waals surface area contributed by atoms with Crippen molar-refractivity contribution in [1.29, 1.82) is 0 Å². The molecule has 0 aromatic carbocycles. The fourth-order valence-electron chi connectivity index (χ4n) is 2.09. The van der Waals surface area contributed by atoms with Crippen molar-refractivity contribution >= 4 is 0 Å². The second-order valence-corrected chi connectivity index (χ2v) is 6.64. The van der Waals surface area contributed by atoms with E-state index in [1.54, 1.807) is 0 Å². The van der Waals surface area contributed by atoms with Crippen molar-refractivity contribution in [2.24, 2.45) is 0 Å². The van der Waals surface area contributed by atoms with Crippen molar-refractivity contribution in [2.75, 3.05) is 6.54 Å². The van der Waals surface area contributed by atoms with E-state index >= 15 is 0 Å². The number of aromatic nitrogens is 2. The van der Waals surface area contributed by atoms with Crippen molar-refractivity contribution in [3.63, 3.8) is 0 Å². The van der Waals surface area contributed by atoms with Gasteiger partial charge in [0.15, 0.2) is 0 Å². The molecule has 1 rings (SSSR count). The summed E-state index contributed by atoms with van der Waals surface area (Å²) in [4.78, 5) is 4.36. The molecule has 0 spiro atoms. The summed E-state index contributed by atoms with van der Waals surface area (Å²) < 4.78 is 2.13. The monoisotopic (exact) mass is 267 g/mol. The van der Waals surface area contributed by atoms with Crippen LogP contribution < -0.4 is 5.32 Å². The molecular formula is C15H29N3O. The van der Waals surface area contributed by atoms with Gasteiger partial charge in [-0.15, -0.1) is 0 Å². The summed E-state index contributed by atoms with van der Waals surface area (Å²) >= 11 is 0. The van der Waals surface area contributed by atoms with Crippen LogP contribution in [0.25, 0.3) is 0 Å². The maximum Gasteiger partial charge on any atom is 0.111 e. The Hall–Kier alpha value is -0.870. The first-order valence-electron chi connectivity index (χ1n) is 7.21. The molecular weight excluding hydrogens is 238 g/mol. The molecule has 1 aromatic heterocycles. The molecule has 0 saturated heterocycles. The number of aryl methyl sites for hydroxylation is 1. The van der Waals surface area contributed by atoms with E-state index in [0.29, 0.717) is 6.42 Å². The molecule has 2 N–H and O–H groups in total. The Morgan fingerprint density at radius 1 is 1.32 bits per heavy atom. The van der Waals surface area contributed by atoms with E-state index in [9.17, 15) is 5.11 Å². The minimum Gasteiger partial charge on any atom is -0.390 e. The number of imidazole rings is 1. The van der Waals surface area contributed by atoms with Gasteiger partial charge in [0.25, 0.3) is 0 Å². The van der Waals surface area contributed by atoms with Gasteiger partial charge in [-0.25, -0.2) is 4.98 Å². The second kappa shape index (κ2) is 6.53. The van der Waals surface area contributed by atoms with Crippen LogP contribution in [-0.2, 0) is 13.0 Å². The highest BCUT2D eigenvalue weighted by Gasteiger charge is 2.23. The minimum atomic E-state index is -0.713. The number of nitrogens with zero attached hydrogens (tertiary/aromatic N) is 2. The third kappa shape index (κ3) is 6.21. The third-order valence-electron chi connectivity index (χ3n) is 3.12. The predicted molar refractivity (Wildman–Crippen MR) is 79.2 cm³/mol. The average Bonchev–Trinajstić information content (AvgIpc) is 2.63. The number of rotatable bonds is 7. The Kier molecular flexibility index (Phi) is 5.56. The summed E-state index contributed by atoms with van der Waals surface area (Å²) in [5.41, 5.74) is -0.619. The molecule has 0 saturated carbocycles. The van der Waals surface area contributed by atoms with Crippen molar-refractivity contribution in [2.45, 2.75) is 71.6 Å². The lowest BCUT2D eigenvalue weighted by Gasteiger charge is -2.27. The van der Waals surface area contributed by atoms with E-state index < -0.39 is 5.60 Å². The SMILES string of the molecule is CCCn1ccnc1CC(C)(O)CCNC(C)(C)C. The van der Waals surface area contributed by atoms with E-state index in [0.717, 1.165) is 31.8 Å². The van der Waals surface area contributed by atoms with Gasteiger partial charge in [0.1, 0.15) is 5.82 Å². The molecule has 1 atom stereocenters. The Labute approximate surface area is 117 Å². The summed E-state index contributed by atoms with van der Waals surface area (Å²) in [5, 5.41) is 13.9. The normalized spacial score (nSPS) is 15.5. The smallest absolute Gasteiger partial charge is 0.111 e. The summed E-state index contributed by atoms with van der Waals surface area (Å²) in [5.74, 6) is 0.975. The molecule has 1 heterocycles. The lowest BCUT2D eigenvalue weighted by atomic mass is 9.97. The molecule has 0 fully saturated rings. The van der Waals surface area contributed by atoms with Gasteiger partial charge in [-0.3, -0.25) is 0 Å². The molecule has 0 aliphatic rings. The van der Waals surface area contributed by atoms with Gasteiger partial charge in [-0.05, 0) is 47.1 Å². The maximum atomic E-state index is 10.5. The van der Waals surface area contributed by atoms with Gasteiger partial charge in [0, 0.05) is 30.9 Å². The number of nitrogens with one attached hydrogen (secondary N) is 1. The summed E-state index contributed by atoms with van der Waals surface area (Å²) in [6.45, 7) is 12.2. The van der Waals surface area contributed by atoms with Crippen molar-refractivity contribution in [3.8, 4) is 0 Å². The minimum absolute atomic E-state index is 0.0940. The Morgan fingerprint density at radius 2 is 2.00 bits per heavy atom. The average molecular weight is 267 g/mol. The first-order chi connectivity index (χ1) is 8.73. The molecule has 0 amide bonds. The van der Waals surface area contributed by atoms with E-state index in [1.807, 2.05) is 19.3 Å². The van der Waals surface area contributed by atoms with Crippen molar-refractivity contribution in [1.82, 2.24) is 14.9 Å². The number of hydrogen-bond acceptors (Lipinski definition) is 3. The van der Waals surface area contributed by atoms with Crippen LogP contribution in [0.4, 0.5) is 0 Å². The Balaban J connectivity index is 2.51. The highest BCUT2D eigenvalue weighted by Crippen LogP contribution is 2.16. The lowest BCUT2D eigenvalue weighted by molar-refractivity contribution is 0.0471. The van der Waals surface area contributed by atoms with Gasteiger partial charge in [0.05, 0.1) is 5.60 Å². The molecule has 110 valence electrons. The molecule has 4 heteroatoms. The molecule has 0 aliphatic heterocycles. The summed E-state index contributed by atoms with van der Waals surface area (Å²) in [7, 11) is 0. The lowest BCUT2D eigenvalue weighted by Crippen LogP contribution is -2.40. The molecule has 19 heavy (non-hydrogen) atoms. The molecule has 0 aliphatic carbocycles. The summed E-state index contributed by atoms with van der Waals surface area (Å²) in [6, 6.07) is 0. The second-order valence-electron chi connectivity index (χ2n) is 6.64. The molecule has 1 aromatic rings. The zero-order valence-corrected chi connectivity index (χ0v) is 13.0. The van der Waals surface area contributed by atoms with Crippen LogP contribution in [0.15, 0.2) is 12.4 Å². The molecule has 4 nitrogen and oxygen atoms in total. The van der Waals surface area contributed by atoms with E-state index in [2.05, 4.69) is 42.6 Å². The van der Waals surface area contributed by atoms with Crippen LogP contribution in [0.5, 0.6) is 0 Å². The zero-order valence-electron chi connectivity index (χ0n) is 13.0. The van der Waals surface area contributed by atoms with E-state index in [4.69, 9.17) is 0 Å². The first-order valence-corrected chi connectivity index (χ1v) is 7.21. The highest BCUT2D eigenvalue weighted by atomic mass is 16.3. The zero-order chi connectivity index (χ0) is 14.5. The van der Waals surface area contributed by atoms with Crippen LogP contribution in [0.1, 0.15) is 53.3 Å². The molecule has 0 radical (unpaired) electrons. The van der Waals surface area contributed by atoms with Crippen molar-refractivity contribution in [3.05, 3.63) is 18.2 Å². The largest absolute Gasteiger partial charge is 0.390 e. The standard InChI is InChI=1S/C15H29N3O/c1-6-10-18-11-9-16-13(18)12-15(5,19)7-8-17-14(2,3)4/h9,11,17,19H,6-8,10,12H2,1-5H3. The number of hydrogen-bond donors (Lipinski definition) is 2. The molecule has 1 unspecified atom stereocenters. The topological polar surface area (TPSA) is 50.1 Å². The van der Waals surface area contributed by atoms with Gasteiger partial charge in [-0.1, -0.05) is 6.92 Å². The van der Waals surface area contributed by atoms with E-state index in [-0.39, 0.29) is 5.54 Å². The van der Waals surface area contributed by atoms with Crippen LogP contribution in [0.3, 0.4) is 0 Å². The first kappa shape index (κ1) is 16.2. The quantitative estimate of drug-likeness (QED) is 0.797. The van der Waals surface area contributed by atoms with Crippen molar-refractivity contribution < 1.29 is 5.11 Å². The number of aliphatic hydroxyl groups is 1. The van der Waals surface area contributed by atoms with Crippen LogP contribution in [0.2, 0.25) is 0 Å². The predicted octanol–water partition coefficient (Wildman–Crippen LogP) is 2.36. The fraction of sp³-hybridized carbons (Fsp3) is 0.800. The Bertz CT molecular complexity index is 377. The van der Waals surface area contributed by atoms with Gasteiger partial charge >= 0.3 is 0 Å². The summed E-state index contributed by atoms with van der Waals surface area (Å²) in [6.07, 6.45) is 6.21. The Morgan fingerprint density at radius 3 is 2.58 bits per heavy atom. The van der Waals surface area contributed by atoms with E-state index in [1.165, 1.54) is 0 Å². The van der Waals surface area contributed by atoms with Gasteiger partial charge < -0.3 is 15.0 Å². The maximum absolute atomic E-state index is 10.5. The van der Waals surface area contributed by atoms with Gasteiger partial charge in [0.2, 0.25) is 0 Å². The van der Waals surface area contributed by atoms with Crippen LogP contribution >= 0.6 is 0 Å². The van der Waals surface area contributed by atoms with Crippen LogP contribution in [-0.4, -0.2) is 32.3 Å². The highest BCUT2D eigenvalue weighted by molar-refractivity contribution is 4.98. The third-order valence-corrected chi connectivity index (χ3v) is 3.12.